The molecule has 0 aromatic rings. The van der Waals surface area contributed by atoms with E-state index in [0.29, 0.717) is 0 Å². The first-order valence-corrected chi connectivity index (χ1v) is 6.70. The van der Waals surface area contributed by atoms with Crippen molar-refractivity contribution in [3.8, 4) is 0 Å². The zero-order valence-corrected chi connectivity index (χ0v) is 11.0. The van der Waals surface area contributed by atoms with Gasteiger partial charge in [0.25, 0.3) is 10.2 Å². The van der Waals surface area contributed by atoms with Gasteiger partial charge in [-0.3, -0.25) is 4.79 Å². The van der Waals surface area contributed by atoms with E-state index in [-0.39, 0.29) is 25.7 Å². The molecule has 0 atom stereocenters. The maximum Gasteiger partial charge on any atom is 0.321 e. The predicted molar refractivity (Wildman–Crippen MR) is 61.1 cm³/mol. The first-order valence-electron chi connectivity index (χ1n) is 5.26. The molecule has 0 aromatic heterocycles. The molecular weight excluding hydrogens is 232 g/mol. The lowest BCUT2D eigenvalue weighted by Crippen LogP contribution is -2.45. The summed E-state index contributed by atoms with van der Waals surface area (Å²) < 4.78 is 31.6. The van der Waals surface area contributed by atoms with Crippen LogP contribution in [0.3, 0.4) is 0 Å². The van der Waals surface area contributed by atoms with Crippen LogP contribution in [0, 0.1) is 0 Å². The quantitative estimate of drug-likeness (QED) is 0.653. The van der Waals surface area contributed by atoms with E-state index < -0.39 is 16.2 Å². The average molecular weight is 252 g/mol. The van der Waals surface area contributed by atoms with Crippen molar-refractivity contribution in [3.63, 3.8) is 0 Å². The number of carbonyl (C=O) groups is 1. The van der Waals surface area contributed by atoms with Gasteiger partial charge < -0.3 is 4.74 Å². The Bertz CT molecular complexity index is 313. The molecule has 0 bridgehead atoms. The topological polar surface area (TPSA) is 75.7 Å². The lowest BCUT2D eigenvalue weighted by Gasteiger charge is -2.21. The summed E-state index contributed by atoms with van der Waals surface area (Å²) >= 11 is 0. The summed E-state index contributed by atoms with van der Waals surface area (Å²) in [5.41, 5.74) is 0. The molecule has 0 unspecified atom stereocenters. The van der Waals surface area contributed by atoms with E-state index in [2.05, 4.69) is 4.72 Å². The Balaban J connectivity index is 4.54. The van der Waals surface area contributed by atoms with Crippen LogP contribution < -0.4 is 4.72 Å². The van der Waals surface area contributed by atoms with Crippen molar-refractivity contribution < 1.29 is 17.9 Å². The van der Waals surface area contributed by atoms with Gasteiger partial charge in [0.15, 0.2) is 0 Å². The number of hydrogen-bond donors (Lipinski definition) is 1. The van der Waals surface area contributed by atoms with Crippen LogP contribution in [0.4, 0.5) is 0 Å². The van der Waals surface area contributed by atoms with Crippen molar-refractivity contribution in [1.82, 2.24) is 9.03 Å². The van der Waals surface area contributed by atoms with Crippen LogP contribution in [-0.4, -0.2) is 44.4 Å². The van der Waals surface area contributed by atoms with Gasteiger partial charge in [-0.15, -0.1) is 0 Å². The van der Waals surface area contributed by atoms with Crippen LogP contribution in [0.2, 0.25) is 0 Å². The van der Waals surface area contributed by atoms with Crippen LogP contribution in [0.25, 0.3) is 0 Å². The zero-order chi connectivity index (χ0) is 12.8. The largest absolute Gasteiger partial charge is 0.465 e. The van der Waals surface area contributed by atoms with Crippen molar-refractivity contribution in [2.45, 2.75) is 33.7 Å². The van der Waals surface area contributed by atoms with E-state index in [0.717, 1.165) is 4.31 Å². The molecule has 0 amide bonds. The van der Waals surface area contributed by atoms with Crippen molar-refractivity contribution in [2.75, 3.05) is 19.7 Å². The van der Waals surface area contributed by atoms with Crippen molar-refractivity contribution in [1.29, 1.82) is 0 Å². The molecule has 1 N–H and O–H groups in total. The Kier molecular flexibility index (Phi) is 6.54. The highest BCUT2D eigenvalue weighted by Gasteiger charge is 2.23. The second-order valence-corrected chi connectivity index (χ2v) is 5.21. The van der Waals surface area contributed by atoms with Gasteiger partial charge in [0.2, 0.25) is 0 Å². The molecule has 0 radical (unpaired) electrons. The summed E-state index contributed by atoms with van der Waals surface area (Å²) in [6.45, 7) is 6.99. The number of likely N-dealkylation sites (N-methyl/N-ethyl adjacent to an activating group) is 1. The zero-order valence-electron chi connectivity index (χ0n) is 10.2. The first-order chi connectivity index (χ1) is 7.33. The fraction of sp³-hybridized carbons (Fsp3) is 0.889. The Labute approximate surface area is 97.1 Å². The highest BCUT2D eigenvalue weighted by Crippen LogP contribution is 1.99. The molecule has 0 aliphatic carbocycles. The highest BCUT2D eigenvalue weighted by atomic mass is 32.2. The van der Waals surface area contributed by atoms with E-state index in [9.17, 15) is 13.2 Å². The Morgan fingerprint density at radius 1 is 1.38 bits per heavy atom. The van der Waals surface area contributed by atoms with Crippen LogP contribution in [-0.2, 0) is 19.7 Å². The standard InChI is InChI=1S/C9H20N2O4S/c1-5-11(7-9(12)15-6-2)16(13,14)10-8(3)4/h8,10H,5-7H2,1-4H3. The van der Waals surface area contributed by atoms with Gasteiger partial charge in [-0.05, 0) is 20.8 Å². The van der Waals surface area contributed by atoms with Gasteiger partial charge in [-0.2, -0.15) is 17.4 Å². The number of esters is 1. The number of hydrogen-bond acceptors (Lipinski definition) is 4. The molecule has 0 aromatic carbocycles. The maximum atomic E-state index is 11.7. The second kappa shape index (κ2) is 6.82. The molecule has 16 heavy (non-hydrogen) atoms. The van der Waals surface area contributed by atoms with Crippen LogP contribution >= 0.6 is 0 Å². The molecule has 0 fully saturated rings. The summed E-state index contributed by atoms with van der Waals surface area (Å²) in [7, 11) is -3.60. The fourth-order valence-electron chi connectivity index (χ4n) is 1.09. The number of ether oxygens (including phenoxy) is 1. The molecule has 0 heterocycles. The first kappa shape index (κ1) is 15.3. The number of rotatable bonds is 7. The van der Waals surface area contributed by atoms with Crippen molar-refractivity contribution in [3.05, 3.63) is 0 Å². The van der Waals surface area contributed by atoms with Crippen molar-refractivity contribution in [2.24, 2.45) is 0 Å². The molecule has 0 aliphatic rings. The van der Waals surface area contributed by atoms with E-state index in [1.54, 1.807) is 27.7 Å². The summed E-state index contributed by atoms with van der Waals surface area (Å²) in [5.74, 6) is -0.543. The van der Waals surface area contributed by atoms with Gasteiger partial charge >= 0.3 is 5.97 Å². The molecule has 6 nitrogen and oxygen atoms in total. The molecule has 96 valence electrons. The molecule has 0 aliphatic heterocycles. The minimum atomic E-state index is -3.60. The molecule has 7 heteroatoms. The maximum absolute atomic E-state index is 11.7. The molecule has 0 saturated carbocycles. The summed E-state index contributed by atoms with van der Waals surface area (Å²) in [6.07, 6.45) is 0. The van der Waals surface area contributed by atoms with E-state index in [4.69, 9.17) is 4.74 Å². The third kappa shape index (κ3) is 5.43. The normalized spacial score (nSPS) is 12.1. The number of nitrogens with one attached hydrogen (secondary N) is 1. The lowest BCUT2D eigenvalue weighted by molar-refractivity contribution is -0.143. The molecule has 0 spiro atoms. The third-order valence-corrected chi connectivity index (χ3v) is 3.52. The van der Waals surface area contributed by atoms with Crippen LogP contribution in [0.1, 0.15) is 27.7 Å². The molecule has 0 saturated heterocycles. The number of carbonyl (C=O) groups excluding carboxylic acids is 1. The fourth-order valence-corrected chi connectivity index (χ4v) is 2.45. The Hall–Kier alpha value is -0.660. The predicted octanol–water partition coefficient (Wildman–Crippen LogP) is 0.114. The number of nitrogens with zero attached hydrogens (tertiary/aromatic N) is 1. The Morgan fingerprint density at radius 3 is 2.31 bits per heavy atom. The smallest absolute Gasteiger partial charge is 0.321 e. The van der Waals surface area contributed by atoms with E-state index >= 15 is 0 Å². The lowest BCUT2D eigenvalue weighted by atomic mass is 10.4. The van der Waals surface area contributed by atoms with Gasteiger partial charge in [0, 0.05) is 12.6 Å². The second-order valence-electron chi connectivity index (χ2n) is 3.51. The van der Waals surface area contributed by atoms with Gasteiger partial charge in [-0.1, -0.05) is 6.92 Å². The summed E-state index contributed by atoms with van der Waals surface area (Å²) in [5, 5.41) is 0. The van der Waals surface area contributed by atoms with Crippen LogP contribution in [0.15, 0.2) is 0 Å². The Morgan fingerprint density at radius 2 is 1.94 bits per heavy atom. The average Bonchev–Trinajstić information content (AvgIpc) is 2.12. The minimum Gasteiger partial charge on any atom is -0.465 e. The van der Waals surface area contributed by atoms with Crippen LogP contribution in [0.5, 0.6) is 0 Å². The van der Waals surface area contributed by atoms with E-state index in [1.807, 2.05) is 0 Å². The van der Waals surface area contributed by atoms with E-state index in [1.165, 1.54) is 0 Å². The van der Waals surface area contributed by atoms with Gasteiger partial charge in [-0.25, -0.2) is 0 Å². The summed E-state index contributed by atoms with van der Waals surface area (Å²) in [4.78, 5) is 11.2. The SMILES string of the molecule is CCOC(=O)CN(CC)S(=O)(=O)NC(C)C. The van der Waals surface area contributed by atoms with Crippen molar-refractivity contribution >= 4 is 16.2 Å². The highest BCUT2D eigenvalue weighted by molar-refractivity contribution is 7.87. The third-order valence-electron chi connectivity index (χ3n) is 1.69. The summed E-state index contributed by atoms with van der Waals surface area (Å²) in [6, 6.07) is -0.207. The van der Waals surface area contributed by atoms with Gasteiger partial charge in [0.1, 0.15) is 6.54 Å². The molecule has 0 rings (SSSR count). The molecular formula is C9H20N2O4S. The van der Waals surface area contributed by atoms with Gasteiger partial charge in [0.05, 0.1) is 6.61 Å². The minimum absolute atomic E-state index is 0.207. The monoisotopic (exact) mass is 252 g/mol.